The lowest BCUT2D eigenvalue weighted by Crippen LogP contribution is -2.63. The summed E-state index contributed by atoms with van der Waals surface area (Å²) in [6.07, 6.45) is 8.86. The lowest BCUT2D eigenvalue weighted by molar-refractivity contribution is 0.00539. The average molecular weight is 294 g/mol. The zero-order valence-corrected chi connectivity index (χ0v) is 14.2. The van der Waals surface area contributed by atoms with Gasteiger partial charge in [0.15, 0.2) is 0 Å². The predicted octanol–water partition coefficient (Wildman–Crippen LogP) is 3.04. The zero-order chi connectivity index (χ0) is 14.8. The van der Waals surface area contributed by atoms with Gasteiger partial charge in [0.1, 0.15) is 0 Å². The lowest BCUT2D eigenvalue weighted by atomic mass is 9.81. The van der Waals surface area contributed by atoms with Crippen molar-refractivity contribution in [1.82, 2.24) is 10.2 Å². The second-order valence-electron chi connectivity index (χ2n) is 7.85. The van der Waals surface area contributed by atoms with Gasteiger partial charge in [-0.1, -0.05) is 33.1 Å². The highest BCUT2D eigenvalue weighted by molar-refractivity contribution is 4.96. The van der Waals surface area contributed by atoms with Gasteiger partial charge in [0.2, 0.25) is 0 Å². The maximum Gasteiger partial charge on any atom is 0.0703 e. The van der Waals surface area contributed by atoms with Crippen LogP contribution >= 0.6 is 0 Å². The van der Waals surface area contributed by atoms with Crippen molar-refractivity contribution < 1.29 is 4.74 Å². The van der Waals surface area contributed by atoms with Gasteiger partial charge in [-0.3, -0.25) is 4.90 Å². The van der Waals surface area contributed by atoms with E-state index in [9.17, 15) is 0 Å². The van der Waals surface area contributed by atoms with Crippen LogP contribution < -0.4 is 5.32 Å². The van der Waals surface area contributed by atoms with E-state index in [2.05, 4.69) is 31.0 Å². The Balaban J connectivity index is 1.68. The van der Waals surface area contributed by atoms with Gasteiger partial charge in [-0.25, -0.2) is 0 Å². The standard InChI is InChI=1S/C18H34N2O/c1-13(2)18-11-19-16(15-7-5-4-6-8-15)12-20(18)17-9-10-21-14(17)3/h13-19H,4-12H2,1-3H3. The number of piperazine rings is 1. The SMILES string of the molecule is CC(C)C1CNC(C2CCCCC2)CN1C1CCOC1C. The summed E-state index contributed by atoms with van der Waals surface area (Å²) < 4.78 is 5.87. The quantitative estimate of drug-likeness (QED) is 0.866. The van der Waals surface area contributed by atoms with Crippen molar-refractivity contribution >= 4 is 0 Å². The second-order valence-corrected chi connectivity index (χ2v) is 7.85. The zero-order valence-electron chi connectivity index (χ0n) is 14.2. The maximum absolute atomic E-state index is 5.87. The molecular weight excluding hydrogens is 260 g/mol. The molecule has 1 N–H and O–H groups in total. The Hall–Kier alpha value is -0.120. The Morgan fingerprint density at radius 1 is 1.10 bits per heavy atom. The summed E-state index contributed by atoms with van der Waals surface area (Å²) in [5, 5.41) is 3.91. The van der Waals surface area contributed by atoms with Gasteiger partial charge in [-0.15, -0.1) is 0 Å². The molecule has 2 aliphatic heterocycles. The van der Waals surface area contributed by atoms with E-state index in [0.29, 0.717) is 24.2 Å². The molecule has 2 saturated heterocycles. The lowest BCUT2D eigenvalue weighted by Gasteiger charge is -2.48. The smallest absolute Gasteiger partial charge is 0.0703 e. The summed E-state index contributed by atoms with van der Waals surface area (Å²) in [4.78, 5) is 2.82. The fourth-order valence-electron chi connectivity index (χ4n) is 4.82. The molecule has 0 amide bonds. The van der Waals surface area contributed by atoms with Gasteiger partial charge < -0.3 is 10.1 Å². The fourth-order valence-corrected chi connectivity index (χ4v) is 4.82. The van der Waals surface area contributed by atoms with Crippen molar-refractivity contribution in [2.24, 2.45) is 11.8 Å². The Labute approximate surface area is 130 Å². The minimum Gasteiger partial charge on any atom is -0.377 e. The van der Waals surface area contributed by atoms with Crippen molar-refractivity contribution in [3.05, 3.63) is 0 Å². The van der Waals surface area contributed by atoms with Crippen LogP contribution in [0.5, 0.6) is 0 Å². The first-order valence-corrected chi connectivity index (χ1v) is 9.27. The van der Waals surface area contributed by atoms with Crippen molar-refractivity contribution in [3.8, 4) is 0 Å². The fraction of sp³-hybridized carbons (Fsp3) is 1.00. The summed E-state index contributed by atoms with van der Waals surface area (Å²) in [5.74, 6) is 1.63. The third kappa shape index (κ3) is 3.46. The third-order valence-electron chi connectivity index (χ3n) is 6.17. The highest BCUT2D eigenvalue weighted by Crippen LogP contribution is 2.32. The Morgan fingerprint density at radius 2 is 1.86 bits per heavy atom. The molecule has 4 atom stereocenters. The van der Waals surface area contributed by atoms with Crippen molar-refractivity contribution in [2.45, 2.75) is 83.5 Å². The van der Waals surface area contributed by atoms with Crippen LogP contribution in [-0.4, -0.2) is 48.8 Å². The molecule has 3 nitrogen and oxygen atoms in total. The van der Waals surface area contributed by atoms with Crippen LogP contribution in [0.1, 0.15) is 59.3 Å². The molecule has 1 aliphatic carbocycles. The molecule has 122 valence electrons. The molecule has 21 heavy (non-hydrogen) atoms. The molecule has 2 heterocycles. The summed E-state index contributed by atoms with van der Waals surface area (Å²) in [6, 6.07) is 2.04. The molecule has 4 unspecified atom stereocenters. The highest BCUT2D eigenvalue weighted by Gasteiger charge is 2.40. The number of hydrogen-bond donors (Lipinski definition) is 1. The Kier molecular flexibility index (Phi) is 5.23. The number of nitrogens with zero attached hydrogens (tertiary/aromatic N) is 1. The second kappa shape index (κ2) is 6.97. The Bertz CT molecular complexity index is 325. The molecule has 0 spiro atoms. The van der Waals surface area contributed by atoms with Gasteiger partial charge >= 0.3 is 0 Å². The molecule has 3 fully saturated rings. The van der Waals surface area contributed by atoms with E-state index in [-0.39, 0.29) is 0 Å². The van der Waals surface area contributed by atoms with Gasteiger partial charge in [-0.05, 0) is 38.0 Å². The molecule has 0 radical (unpaired) electrons. The maximum atomic E-state index is 5.87. The first-order chi connectivity index (χ1) is 10.2. The molecule has 3 aliphatic rings. The normalized spacial score (nSPS) is 40.0. The van der Waals surface area contributed by atoms with E-state index in [4.69, 9.17) is 4.74 Å². The number of rotatable bonds is 3. The van der Waals surface area contributed by atoms with Crippen LogP contribution in [0, 0.1) is 11.8 Å². The monoisotopic (exact) mass is 294 g/mol. The number of nitrogens with one attached hydrogen (secondary N) is 1. The largest absolute Gasteiger partial charge is 0.377 e. The van der Waals surface area contributed by atoms with Crippen LogP contribution in [0.2, 0.25) is 0 Å². The van der Waals surface area contributed by atoms with Gasteiger partial charge in [0.25, 0.3) is 0 Å². The van der Waals surface area contributed by atoms with E-state index >= 15 is 0 Å². The van der Waals surface area contributed by atoms with E-state index in [1.165, 1.54) is 51.6 Å². The molecule has 0 aromatic heterocycles. The van der Waals surface area contributed by atoms with Gasteiger partial charge in [0.05, 0.1) is 6.10 Å². The molecule has 0 aromatic rings. The summed E-state index contributed by atoms with van der Waals surface area (Å²) in [5.41, 5.74) is 0. The Morgan fingerprint density at radius 3 is 2.48 bits per heavy atom. The summed E-state index contributed by atoms with van der Waals surface area (Å²) >= 11 is 0. The third-order valence-corrected chi connectivity index (χ3v) is 6.17. The van der Waals surface area contributed by atoms with Crippen molar-refractivity contribution in [1.29, 1.82) is 0 Å². The van der Waals surface area contributed by atoms with Crippen LogP contribution in [0.3, 0.4) is 0 Å². The van der Waals surface area contributed by atoms with Crippen molar-refractivity contribution in [2.75, 3.05) is 19.7 Å². The minimum atomic E-state index is 0.413. The van der Waals surface area contributed by atoms with Crippen LogP contribution in [0.4, 0.5) is 0 Å². The van der Waals surface area contributed by atoms with E-state index < -0.39 is 0 Å². The predicted molar refractivity (Wildman–Crippen MR) is 87.5 cm³/mol. The topological polar surface area (TPSA) is 24.5 Å². The molecule has 1 saturated carbocycles. The summed E-state index contributed by atoms with van der Waals surface area (Å²) in [6.45, 7) is 10.4. The van der Waals surface area contributed by atoms with Crippen molar-refractivity contribution in [3.63, 3.8) is 0 Å². The first-order valence-electron chi connectivity index (χ1n) is 9.27. The van der Waals surface area contributed by atoms with E-state index in [0.717, 1.165) is 18.4 Å². The average Bonchev–Trinajstić information content (AvgIpc) is 2.93. The number of hydrogen-bond acceptors (Lipinski definition) is 3. The molecule has 0 aromatic carbocycles. The van der Waals surface area contributed by atoms with E-state index in [1.54, 1.807) is 0 Å². The van der Waals surface area contributed by atoms with Crippen LogP contribution in [0.25, 0.3) is 0 Å². The molecular formula is C18H34N2O. The van der Waals surface area contributed by atoms with Gasteiger partial charge in [0, 0.05) is 37.8 Å². The molecule has 3 rings (SSSR count). The molecule has 3 heteroatoms. The van der Waals surface area contributed by atoms with E-state index in [1.807, 2.05) is 0 Å². The minimum absolute atomic E-state index is 0.413. The first kappa shape index (κ1) is 15.8. The van der Waals surface area contributed by atoms with Crippen LogP contribution in [-0.2, 0) is 4.74 Å². The van der Waals surface area contributed by atoms with Gasteiger partial charge in [-0.2, -0.15) is 0 Å². The highest BCUT2D eigenvalue weighted by atomic mass is 16.5. The summed E-state index contributed by atoms with van der Waals surface area (Å²) in [7, 11) is 0. The number of ether oxygens (including phenoxy) is 1. The van der Waals surface area contributed by atoms with Crippen LogP contribution in [0.15, 0.2) is 0 Å². The molecule has 0 bridgehead atoms.